The van der Waals surface area contributed by atoms with E-state index in [1.807, 2.05) is 0 Å². The average Bonchev–Trinajstić information content (AvgIpc) is 2.24. The molecule has 0 amide bonds. The van der Waals surface area contributed by atoms with E-state index in [1.54, 1.807) is 12.1 Å². The Morgan fingerprint density at radius 3 is 2.00 bits per heavy atom. The molecular weight excluding hydrogens is 244 g/mol. The third kappa shape index (κ3) is 1.79. The fourth-order valence-electron chi connectivity index (χ4n) is 2.07. The minimum atomic E-state index is -4.57. The molecule has 0 bridgehead atoms. The number of ketones is 2. The molecule has 17 heavy (non-hydrogen) atoms. The third-order valence-corrected chi connectivity index (χ3v) is 4.17. The van der Waals surface area contributed by atoms with Gasteiger partial charge >= 0.3 is 0 Å². The van der Waals surface area contributed by atoms with Gasteiger partial charge in [-0.05, 0) is 0 Å². The molecule has 0 fully saturated rings. The second kappa shape index (κ2) is 3.75. The fourth-order valence-corrected chi connectivity index (χ4v) is 3.11. The second-order valence-electron chi connectivity index (χ2n) is 4.00. The summed E-state index contributed by atoms with van der Waals surface area (Å²) in [5.41, 5.74) is 0.267. The van der Waals surface area contributed by atoms with Gasteiger partial charge in [0.05, 0.1) is 0 Å². The molecule has 2 atom stereocenters. The zero-order valence-electron chi connectivity index (χ0n) is 8.95. The normalized spacial score (nSPS) is 24.6. The molecule has 6 heteroatoms. The van der Waals surface area contributed by atoms with Crippen molar-refractivity contribution >= 4 is 21.7 Å². The Bertz CT molecular complexity index is 602. The van der Waals surface area contributed by atoms with Crippen LogP contribution < -0.4 is 0 Å². The lowest BCUT2D eigenvalue weighted by Gasteiger charge is -2.25. The molecule has 5 nitrogen and oxygen atoms in total. The van der Waals surface area contributed by atoms with Crippen LogP contribution in [0.1, 0.15) is 27.6 Å². The van der Waals surface area contributed by atoms with Crippen molar-refractivity contribution in [2.75, 3.05) is 0 Å². The van der Waals surface area contributed by atoms with Crippen molar-refractivity contribution in [3.8, 4) is 0 Å². The van der Waals surface area contributed by atoms with Crippen molar-refractivity contribution < 1.29 is 22.6 Å². The van der Waals surface area contributed by atoms with Crippen LogP contribution in [0.2, 0.25) is 0 Å². The molecule has 1 aliphatic rings. The SMILES string of the molecule is CC1C(=O)c2ccccc2C(=O)C1S(=O)(=O)O. The number of carbonyl (C=O) groups is 2. The largest absolute Gasteiger partial charge is 0.294 e. The molecule has 1 aromatic rings. The fraction of sp³-hybridized carbons (Fsp3) is 0.273. The van der Waals surface area contributed by atoms with Crippen molar-refractivity contribution in [3.05, 3.63) is 35.4 Å². The average molecular weight is 254 g/mol. The molecule has 0 aliphatic heterocycles. The number of carbonyl (C=O) groups excluding carboxylic acids is 2. The molecule has 0 saturated heterocycles. The standard InChI is InChI=1S/C11H10O5S/c1-6-9(12)7-4-2-3-5-8(7)10(13)11(6)17(14,15)16/h2-6,11H,1H3,(H,14,15,16). The van der Waals surface area contributed by atoms with Crippen LogP contribution in [0.25, 0.3) is 0 Å². The summed E-state index contributed by atoms with van der Waals surface area (Å²) in [6.45, 7) is 1.33. The first-order valence-electron chi connectivity index (χ1n) is 4.98. The zero-order valence-corrected chi connectivity index (χ0v) is 9.77. The van der Waals surface area contributed by atoms with Gasteiger partial charge in [-0.3, -0.25) is 14.1 Å². The van der Waals surface area contributed by atoms with E-state index in [-0.39, 0.29) is 11.1 Å². The molecule has 1 N–H and O–H groups in total. The molecule has 1 aliphatic carbocycles. The highest BCUT2D eigenvalue weighted by Crippen LogP contribution is 2.29. The Kier molecular flexibility index (Phi) is 2.63. The quantitative estimate of drug-likeness (QED) is 0.754. The Morgan fingerprint density at radius 1 is 1.06 bits per heavy atom. The highest BCUT2D eigenvalue weighted by atomic mass is 32.2. The number of fused-ring (bicyclic) bond motifs is 1. The maximum Gasteiger partial charge on any atom is 0.276 e. The molecule has 0 radical (unpaired) electrons. The van der Waals surface area contributed by atoms with Crippen molar-refractivity contribution in [1.82, 2.24) is 0 Å². The summed E-state index contributed by atoms with van der Waals surface area (Å²) >= 11 is 0. The lowest BCUT2D eigenvalue weighted by Crippen LogP contribution is -2.44. The van der Waals surface area contributed by atoms with Gasteiger partial charge in [0.15, 0.2) is 16.8 Å². The van der Waals surface area contributed by atoms with Gasteiger partial charge in [0.1, 0.15) is 0 Å². The second-order valence-corrected chi connectivity index (χ2v) is 5.54. The molecule has 2 rings (SSSR count). The van der Waals surface area contributed by atoms with Gasteiger partial charge in [-0.15, -0.1) is 0 Å². The number of rotatable bonds is 1. The predicted molar refractivity (Wildman–Crippen MR) is 59.6 cm³/mol. The van der Waals surface area contributed by atoms with E-state index in [4.69, 9.17) is 4.55 Å². The topological polar surface area (TPSA) is 88.5 Å². The van der Waals surface area contributed by atoms with Gasteiger partial charge in [-0.2, -0.15) is 8.42 Å². The highest BCUT2D eigenvalue weighted by molar-refractivity contribution is 7.87. The zero-order chi connectivity index (χ0) is 12.8. The summed E-state index contributed by atoms with van der Waals surface area (Å²) in [4.78, 5) is 23.8. The van der Waals surface area contributed by atoms with Gasteiger partial charge in [0, 0.05) is 17.0 Å². The molecule has 0 saturated carbocycles. The summed E-state index contributed by atoms with van der Waals surface area (Å²) in [6, 6.07) is 6.01. The van der Waals surface area contributed by atoms with Crippen LogP contribution in [0.15, 0.2) is 24.3 Å². The summed E-state index contributed by atoms with van der Waals surface area (Å²) in [6.07, 6.45) is 0. The monoisotopic (exact) mass is 254 g/mol. The van der Waals surface area contributed by atoms with Crippen molar-refractivity contribution in [3.63, 3.8) is 0 Å². The van der Waals surface area contributed by atoms with E-state index in [9.17, 15) is 18.0 Å². The van der Waals surface area contributed by atoms with Gasteiger partial charge < -0.3 is 0 Å². The maximum atomic E-state index is 11.9. The smallest absolute Gasteiger partial charge is 0.276 e. The van der Waals surface area contributed by atoms with E-state index in [0.717, 1.165) is 0 Å². The number of benzene rings is 1. The van der Waals surface area contributed by atoms with Gasteiger partial charge in [0.25, 0.3) is 10.1 Å². The van der Waals surface area contributed by atoms with Gasteiger partial charge in [-0.25, -0.2) is 0 Å². The predicted octanol–water partition coefficient (Wildman–Crippen LogP) is 0.958. The van der Waals surface area contributed by atoms with Crippen molar-refractivity contribution in [1.29, 1.82) is 0 Å². The van der Waals surface area contributed by atoms with Crippen LogP contribution in [-0.4, -0.2) is 29.8 Å². The molecule has 0 spiro atoms. The van der Waals surface area contributed by atoms with E-state index < -0.39 is 32.9 Å². The van der Waals surface area contributed by atoms with Gasteiger partial charge in [0.2, 0.25) is 0 Å². The minimum absolute atomic E-state index is 0.0539. The lowest BCUT2D eigenvalue weighted by molar-refractivity contribution is 0.0835. The molecule has 1 aromatic carbocycles. The van der Waals surface area contributed by atoms with Crippen LogP contribution in [0, 0.1) is 5.92 Å². The van der Waals surface area contributed by atoms with Gasteiger partial charge in [-0.1, -0.05) is 31.2 Å². The van der Waals surface area contributed by atoms with Crippen LogP contribution in [0.4, 0.5) is 0 Å². The van der Waals surface area contributed by atoms with Crippen LogP contribution in [0.3, 0.4) is 0 Å². The Morgan fingerprint density at radius 2 is 1.53 bits per heavy atom. The molecule has 0 aromatic heterocycles. The summed E-state index contributed by atoms with van der Waals surface area (Å²) in [7, 11) is -4.57. The van der Waals surface area contributed by atoms with Crippen LogP contribution in [-0.2, 0) is 10.1 Å². The molecular formula is C11H10O5S. The summed E-state index contributed by atoms with van der Waals surface area (Å²) in [5.74, 6) is -2.23. The van der Waals surface area contributed by atoms with Crippen LogP contribution >= 0.6 is 0 Å². The first kappa shape index (κ1) is 11.9. The van der Waals surface area contributed by atoms with E-state index in [1.165, 1.54) is 19.1 Å². The number of hydrogen-bond acceptors (Lipinski definition) is 4. The Hall–Kier alpha value is -1.53. The Labute approximate surface area is 98.2 Å². The van der Waals surface area contributed by atoms with E-state index in [0.29, 0.717) is 0 Å². The van der Waals surface area contributed by atoms with E-state index in [2.05, 4.69) is 0 Å². The van der Waals surface area contributed by atoms with Crippen molar-refractivity contribution in [2.45, 2.75) is 12.2 Å². The summed E-state index contributed by atoms with van der Waals surface area (Å²) in [5, 5.41) is -1.69. The summed E-state index contributed by atoms with van der Waals surface area (Å²) < 4.78 is 31.3. The number of hydrogen-bond donors (Lipinski definition) is 1. The first-order chi connectivity index (χ1) is 7.84. The molecule has 2 unspecified atom stereocenters. The number of Topliss-reactive ketones (excluding diaryl/α,β-unsaturated/α-hetero) is 2. The maximum absolute atomic E-state index is 11.9. The Balaban J connectivity index is 2.67. The lowest BCUT2D eigenvalue weighted by atomic mass is 9.82. The highest BCUT2D eigenvalue weighted by Gasteiger charge is 2.45. The van der Waals surface area contributed by atoms with Crippen molar-refractivity contribution in [2.24, 2.45) is 5.92 Å². The molecule has 90 valence electrons. The minimum Gasteiger partial charge on any atom is -0.294 e. The third-order valence-electron chi connectivity index (χ3n) is 2.90. The molecule has 0 heterocycles. The van der Waals surface area contributed by atoms with Crippen LogP contribution in [0.5, 0.6) is 0 Å². The van der Waals surface area contributed by atoms with E-state index >= 15 is 0 Å². The first-order valence-corrected chi connectivity index (χ1v) is 6.48.